The minimum Gasteiger partial charge on any atom is -0.0850 e. The number of rotatable bonds is 0. The summed E-state index contributed by atoms with van der Waals surface area (Å²) in [5, 5.41) is 0. The van der Waals surface area contributed by atoms with E-state index < -0.39 is 0 Å². The first-order valence-corrected chi connectivity index (χ1v) is 4.18. The minimum absolute atomic E-state index is 0.877. The van der Waals surface area contributed by atoms with Gasteiger partial charge in [-0.05, 0) is 38.0 Å². The predicted octanol–water partition coefficient (Wildman–Crippen LogP) is 2.92. The van der Waals surface area contributed by atoms with Crippen molar-refractivity contribution in [3.8, 4) is 0 Å². The molecule has 0 N–H and O–H groups in total. The molecule has 0 saturated carbocycles. The number of fused-ring (bicyclic) bond motifs is 2. The Morgan fingerprint density at radius 1 is 1.30 bits per heavy atom. The van der Waals surface area contributed by atoms with E-state index in [4.69, 9.17) is 0 Å². The second kappa shape index (κ2) is 2.26. The van der Waals surface area contributed by atoms with Crippen LogP contribution in [0.5, 0.6) is 0 Å². The molecule has 2 aliphatic carbocycles. The Bertz CT molecular complexity index is 186. The van der Waals surface area contributed by atoms with Crippen molar-refractivity contribution >= 4 is 0 Å². The molecule has 10 heavy (non-hydrogen) atoms. The van der Waals surface area contributed by atoms with Crippen LogP contribution in [-0.4, -0.2) is 0 Å². The molecule has 0 nitrogen and oxygen atoms in total. The Hall–Kier alpha value is -0.520. The van der Waals surface area contributed by atoms with Crippen molar-refractivity contribution in [2.24, 2.45) is 11.8 Å². The second-order valence-electron chi connectivity index (χ2n) is 3.63. The summed E-state index contributed by atoms with van der Waals surface area (Å²) in [5.41, 5.74) is 1.59. The van der Waals surface area contributed by atoms with Crippen molar-refractivity contribution in [2.45, 2.75) is 26.2 Å². The van der Waals surface area contributed by atoms with Crippen LogP contribution in [0, 0.1) is 11.8 Å². The standard InChI is InChI=1S/C10H14/c1-8-2-3-9-4-5-10(6-8)7-9/h2,4-5,9-10H,3,6-7H2,1H3. The molecule has 0 fully saturated rings. The van der Waals surface area contributed by atoms with Gasteiger partial charge in [0.2, 0.25) is 0 Å². The van der Waals surface area contributed by atoms with E-state index in [0.29, 0.717) is 0 Å². The van der Waals surface area contributed by atoms with Gasteiger partial charge in [0.25, 0.3) is 0 Å². The van der Waals surface area contributed by atoms with Crippen molar-refractivity contribution in [3.05, 3.63) is 23.8 Å². The SMILES string of the molecule is CC1=CCC2C=CC(C1)C2. The van der Waals surface area contributed by atoms with Gasteiger partial charge in [-0.2, -0.15) is 0 Å². The zero-order chi connectivity index (χ0) is 6.97. The van der Waals surface area contributed by atoms with Crippen molar-refractivity contribution < 1.29 is 0 Å². The number of hydrogen-bond donors (Lipinski definition) is 0. The van der Waals surface area contributed by atoms with Gasteiger partial charge in [0, 0.05) is 0 Å². The van der Waals surface area contributed by atoms with E-state index >= 15 is 0 Å². The maximum absolute atomic E-state index is 2.41. The van der Waals surface area contributed by atoms with Gasteiger partial charge in [-0.3, -0.25) is 0 Å². The maximum Gasteiger partial charge on any atom is -0.0191 e. The first kappa shape index (κ1) is 6.21. The third kappa shape index (κ3) is 1.03. The lowest BCUT2D eigenvalue weighted by Crippen LogP contribution is -1.93. The number of hydrogen-bond acceptors (Lipinski definition) is 0. The van der Waals surface area contributed by atoms with Crippen molar-refractivity contribution in [3.63, 3.8) is 0 Å². The van der Waals surface area contributed by atoms with Gasteiger partial charge >= 0.3 is 0 Å². The molecule has 0 heterocycles. The highest BCUT2D eigenvalue weighted by molar-refractivity contribution is 5.14. The highest BCUT2D eigenvalue weighted by Gasteiger charge is 2.20. The summed E-state index contributed by atoms with van der Waals surface area (Å²) in [5.74, 6) is 1.76. The highest BCUT2D eigenvalue weighted by Crippen LogP contribution is 2.34. The fourth-order valence-corrected chi connectivity index (χ4v) is 2.04. The van der Waals surface area contributed by atoms with Gasteiger partial charge in [0.05, 0.1) is 0 Å². The predicted molar refractivity (Wildman–Crippen MR) is 43.7 cm³/mol. The maximum atomic E-state index is 2.41. The topological polar surface area (TPSA) is 0 Å². The summed E-state index contributed by atoms with van der Waals surface area (Å²) in [6.07, 6.45) is 11.2. The van der Waals surface area contributed by atoms with E-state index in [1.807, 2.05) is 0 Å². The van der Waals surface area contributed by atoms with Crippen LogP contribution in [0.1, 0.15) is 26.2 Å². The van der Waals surface area contributed by atoms with Gasteiger partial charge < -0.3 is 0 Å². The minimum atomic E-state index is 0.877. The Labute approximate surface area is 62.6 Å². The summed E-state index contributed by atoms with van der Waals surface area (Å²) in [6, 6.07) is 0. The summed E-state index contributed by atoms with van der Waals surface area (Å²) in [7, 11) is 0. The fraction of sp³-hybridized carbons (Fsp3) is 0.600. The van der Waals surface area contributed by atoms with Crippen molar-refractivity contribution in [1.82, 2.24) is 0 Å². The molecule has 0 saturated heterocycles. The summed E-state index contributed by atoms with van der Waals surface area (Å²) >= 11 is 0. The molecule has 2 atom stereocenters. The first-order valence-electron chi connectivity index (χ1n) is 4.18. The lowest BCUT2D eigenvalue weighted by Gasteiger charge is -2.04. The second-order valence-corrected chi connectivity index (χ2v) is 3.63. The van der Waals surface area contributed by atoms with Crippen LogP contribution in [0.25, 0.3) is 0 Å². The van der Waals surface area contributed by atoms with Gasteiger partial charge in [-0.25, -0.2) is 0 Å². The lowest BCUT2D eigenvalue weighted by molar-refractivity contribution is 0.542. The average Bonchev–Trinajstić information content (AvgIpc) is 2.22. The van der Waals surface area contributed by atoms with Gasteiger partial charge in [0.1, 0.15) is 0 Å². The van der Waals surface area contributed by atoms with E-state index in [-0.39, 0.29) is 0 Å². The molecular formula is C10H14. The van der Waals surface area contributed by atoms with Crippen LogP contribution >= 0.6 is 0 Å². The molecule has 0 spiro atoms. The van der Waals surface area contributed by atoms with Gasteiger partial charge in [-0.15, -0.1) is 0 Å². The van der Waals surface area contributed by atoms with Gasteiger partial charge in [0.15, 0.2) is 0 Å². The molecule has 2 unspecified atom stereocenters. The first-order chi connectivity index (χ1) is 4.84. The molecule has 0 aromatic rings. The fourth-order valence-electron chi connectivity index (χ4n) is 2.04. The molecule has 0 aromatic heterocycles. The van der Waals surface area contributed by atoms with Crippen LogP contribution in [0.4, 0.5) is 0 Å². The van der Waals surface area contributed by atoms with E-state index in [1.54, 1.807) is 5.57 Å². The molecule has 0 radical (unpaired) electrons. The quantitative estimate of drug-likeness (QED) is 0.447. The van der Waals surface area contributed by atoms with E-state index in [2.05, 4.69) is 25.2 Å². The smallest absolute Gasteiger partial charge is 0.0191 e. The molecule has 2 aliphatic rings. The van der Waals surface area contributed by atoms with Crippen LogP contribution in [-0.2, 0) is 0 Å². The van der Waals surface area contributed by atoms with E-state index in [9.17, 15) is 0 Å². The zero-order valence-corrected chi connectivity index (χ0v) is 6.51. The van der Waals surface area contributed by atoms with Crippen LogP contribution in [0.2, 0.25) is 0 Å². The Morgan fingerprint density at radius 2 is 2.10 bits per heavy atom. The molecule has 2 bridgehead atoms. The van der Waals surface area contributed by atoms with Crippen LogP contribution in [0.15, 0.2) is 23.8 Å². The Balaban J connectivity index is 2.17. The molecular weight excluding hydrogens is 120 g/mol. The molecule has 0 aliphatic heterocycles. The van der Waals surface area contributed by atoms with Crippen LogP contribution in [0.3, 0.4) is 0 Å². The van der Waals surface area contributed by atoms with E-state index in [0.717, 1.165) is 11.8 Å². The van der Waals surface area contributed by atoms with Gasteiger partial charge in [-0.1, -0.05) is 23.8 Å². The molecule has 0 amide bonds. The van der Waals surface area contributed by atoms with E-state index in [1.165, 1.54) is 19.3 Å². The average molecular weight is 134 g/mol. The largest absolute Gasteiger partial charge is 0.0850 e. The summed E-state index contributed by atoms with van der Waals surface area (Å²) in [6.45, 7) is 2.26. The third-order valence-corrected chi connectivity index (χ3v) is 2.61. The van der Waals surface area contributed by atoms with Crippen molar-refractivity contribution in [1.29, 1.82) is 0 Å². The highest BCUT2D eigenvalue weighted by atomic mass is 14.3. The molecule has 0 heteroatoms. The molecule has 54 valence electrons. The monoisotopic (exact) mass is 134 g/mol. The van der Waals surface area contributed by atoms with Crippen LogP contribution < -0.4 is 0 Å². The normalized spacial score (nSPS) is 37.5. The summed E-state index contributed by atoms with van der Waals surface area (Å²) in [4.78, 5) is 0. The number of allylic oxidation sites excluding steroid dienone is 4. The van der Waals surface area contributed by atoms with Crippen molar-refractivity contribution in [2.75, 3.05) is 0 Å². The zero-order valence-electron chi connectivity index (χ0n) is 6.51. The Morgan fingerprint density at radius 3 is 3.00 bits per heavy atom. The Kier molecular flexibility index (Phi) is 1.40. The summed E-state index contributed by atoms with van der Waals surface area (Å²) < 4.78 is 0. The third-order valence-electron chi connectivity index (χ3n) is 2.61. The molecule has 0 aromatic carbocycles. The lowest BCUT2D eigenvalue weighted by atomic mass is 10.0. The molecule has 2 rings (SSSR count).